The minimum absolute atomic E-state index is 0.618. The molecule has 33 heavy (non-hydrogen) atoms. The summed E-state index contributed by atoms with van der Waals surface area (Å²) < 4.78 is 4.99. The van der Waals surface area contributed by atoms with Gasteiger partial charge in [0, 0.05) is 51.2 Å². The average Bonchev–Trinajstić information content (AvgIpc) is 3.37. The van der Waals surface area contributed by atoms with E-state index in [1.54, 1.807) is 0 Å². The Bertz CT molecular complexity index is 1930. The molecule has 0 saturated heterocycles. The second-order valence-corrected chi connectivity index (χ2v) is 10.00. The summed E-state index contributed by atoms with van der Waals surface area (Å²) >= 11 is 0. The first-order valence-electron chi connectivity index (χ1n) is 12.0. The molecule has 0 radical (unpaired) electrons. The first-order valence-corrected chi connectivity index (χ1v) is 12.0. The number of hydrogen-bond donors (Lipinski definition) is 0. The summed E-state index contributed by atoms with van der Waals surface area (Å²) in [5, 5.41) is 10.7. The van der Waals surface area contributed by atoms with Crippen molar-refractivity contribution in [2.45, 2.75) is 19.4 Å². The smallest absolute Gasteiger partial charge is 0.0501 e. The van der Waals surface area contributed by atoms with Crippen LogP contribution in [0.4, 0.5) is 0 Å². The molecule has 1 fully saturated rings. The van der Waals surface area contributed by atoms with Crippen LogP contribution < -0.4 is 0 Å². The Morgan fingerprint density at radius 2 is 1.24 bits per heavy atom. The number of aromatic nitrogens is 2. The Kier molecular flexibility index (Phi) is 3.20. The molecule has 5 aromatic carbocycles. The molecule has 1 aliphatic carbocycles. The maximum Gasteiger partial charge on any atom is 0.0501 e. The highest BCUT2D eigenvalue weighted by molar-refractivity contribution is 6.29. The number of para-hydroxylation sites is 1. The molecule has 7 aromatic rings. The minimum Gasteiger partial charge on any atom is -0.344 e. The van der Waals surface area contributed by atoms with Crippen LogP contribution in [0.3, 0.4) is 0 Å². The summed E-state index contributed by atoms with van der Waals surface area (Å²) in [6, 6.07) is 32.4. The van der Waals surface area contributed by atoms with Crippen LogP contribution in [0.2, 0.25) is 0 Å². The predicted molar refractivity (Wildman–Crippen MR) is 141 cm³/mol. The SMILES string of the molecule is CC1CC1n1c2ccccc2c2c3c4cc5cc6ccccc6cc5cc4n(C)c3ccc21. The molecule has 0 spiro atoms. The normalized spacial score (nSPS) is 18.5. The zero-order valence-corrected chi connectivity index (χ0v) is 18.8. The van der Waals surface area contributed by atoms with E-state index in [2.05, 4.69) is 108 Å². The monoisotopic (exact) mass is 424 g/mol. The molecule has 0 aliphatic heterocycles. The molecule has 2 atom stereocenters. The average molecular weight is 425 g/mol. The highest BCUT2D eigenvalue weighted by Gasteiger charge is 2.36. The van der Waals surface area contributed by atoms with Crippen molar-refractivity contribution in [1.82, 2.24) is 9.13 Å². The number of nitrogens with zero attached hydrogens (tertiary/aromatic N) is 2. The van der Waals surface area contributed by atoms with E-state index in [-0.39, 0.29) is 0 Å². The lowest BCUT2D eigenvalue weighted by Gasteiger charge is -2.06. The number of fused-ring (bicyclic) bond motifs is 9. The summed E-state index contributed by atoms with van der Waals surface area (Å²) in [5.74, 6) is 0.754. The predicted octanol–water partition coefficient (Wildman–Crippen LogP) is 8.33. The van der Waals surface area contributed by atoms with Crippen molar-refractivity contribution in [3.05, 3.63) is 84.9 Å². The third-order valence-corrected chi connectivity index (χ3v) is 8.06. The van der Waals surface area contributed by atoms with Gasteiger partial charge in [-0.3, -0.25) is 0 Å². The Hall–Kier alpha value is -3.78. The third-order valence-electron chi connectivity index (χ3n) is 8.06. The molecule has 0 bridgehead atoms. The van der Waals surface area contributed by atoms with Gasteiger partial charge < -0.3 is 9.13 Å². The first kappa shape index (κ1) is 17.7. The third kappa shape index (κ3) is 2.23. The maximum absolute atomic E-state index is 2.61. The van der Waals surface area contributed by atoms with Crippen LogP contribution >= 0.6 is 0 Å². The number of aryl methyl sites for hydroxylation is 1. The second kappa shape index (κ2) is 5.96. The Balaban J connectivity index is 1.59. The van der Waals surface area contributed by atoms with Gasteiger partial charge in [0.25, 0.3) is 0 Å². The van der Waals surface area contributed by atoms with Crippen molar-refractivity contribution >= 4 is 65.2 Å². The summed E-state index contributed by atoms with van der Waals surface area (Å²) in [7, 11) is 2.21. The second-order valence-electron chi connectivity index (χ2n) is 10.00. The van der Waals surface area contributed by atoms with Crippen LogP contribution in [0.15, 0.2) is 84.9 Å². The zero-order valence-electron chi connectivity index (χ0n) is 18.8. The van der Waals surface area contributed by atoms with E-state index >= 15 is 0 Å². The molecule has 2 heterocycles. The standard InChI is InChI=1S/C31H24N2/c1-18-13-28(18)33-25-10-6-5-9-23(25)30-27(33)12-11-26-31(30)24-16-21-14-19-7-3-4-8-20(19)15-22(21)17-29(24)32(26)2/h3-12,14-18,28H,13H2,1-2H3. The fourth-order valence-corrected chi connectivity index (χ4v) is 6.24. The van der Waals surface area contributed by atoms with E-state index in [1.165, 1.54) is 71.6 Å². The maximum atomic E-state index is 2.61. The fourth-order valence-electron chi connectivity index (χ4n) is 6.24. The quantitative estimate of drug-likeness (QED) is 0.234. The van der Waals surface area contributed by atoms with Crippen LogP contribution in [0, 0.1) is 5.92 Å². The molecular weight excluding hydrogens is 400 g/mol. The van der Waals surface area contributed by atoms with E-state index in [0.717, 1.165) is 5.92 Å². The fraction of sp³-hybridized carbons (Fsp3) is 0.161. The van der Waals surface area contributed by atoms with Gasteiger partial charge in [0.15, 0.2) is 0 Å². The number of hydrogen-bond acceptors (Lipinski definition) is 0. The lowest BCUT2D eigenvalue weighted by molar-refractivity contribution is 0.733. The van der Waals surface area contributed by atoms with Crippen molar-refractivity contribution in [2.24, 2.45) is 13.0 Å². The molecule has 1 aliphatic rings. The lowest BCUT2D eigenvalue weighted by Crippen LogP contribution is -1.94. The van der Waals surface area contributed by atoms with E-state index in [9.17, 15) is 0 Å². The van der Waals surface area contributed by atoms with Gasteiger partial charge in [-0.1, -0.05) is 49.4 Å². The van der Waals surface area contributed by atoms with Gasteiger partial charge in [-0.15, -0.1) is 0 Å². The van der Waals surface area contributed by atoms with Gasteiger partial charge in [0.05, 0.1) is 5.52 Å². The number of rotatable bonds is 1. The van der Waals surface area contributed by atoms with Gasteiger partial charge in [-0.05, 0) is 76.3 Å². The minimum atomic E-state index is 0.618. The molecule has 158 valence electrons. The van der Waals surface area contributed by atoms with Gasteiger partial charge >= 0.3 is 0 Å². The molecule has 2 nitrogen and oxygen atoms in total. The summed E-state index contributed by atoms with van der Waals surface area (Å²) in [5.41, 5.74) is 5.36. The molecule has 0 N–H and O–H groups in total. The zero-order chi connectivity index (χ0) is 21.8. The van der Waals surface area contributed by atoms with Gasteiger partial charge in [-0.2, -0.15) is 0 Å². The van der Waals surface area contributed by atoms with E-state index in [0.29, 0.717) is 6.04 Å². The van der Waals surface area contributed by atoms with Crippen molar-refractivity contribution < 1.29 is 0 Å². The first-order chi connectivity index (χ1) is 16.2. The van der Waals surface area contributed by atoms with Crippen LogP contribution in [0.1, 0.15) is 19.4 Å². The van der Waals surface area contributed by atoms with E-state index < -0.39 is 0 Å². The van der Waals surface area contributed by atoms with Gasteiger partial charge in [0.2, 0.25) is 0 Å². The summed E-state index contributed by atoms with van der Waals surface area (Å²) in [4.78, 5) is 0. The van der Waals surface area contributed by atoms with Crippen molar-refractivity contribution in [2.75, 3.05) is 0 Å². The molecule has 2 unspecified atom stereocenters. The molecule has 8 rings (SSSR count). The molecule has 2 heteroatoms. The highest BCUT2D eigenvalue weighted by Crippen LogP contribution is 2.49. The van der Waals surface area contributed by atoms with Crippen LogP contribution in [-0.2, 0) is 7.05 Å². The van der Waals surface area contributed by atoms with Gasteiger partial charge in [-0.25, -0.2) is 0 Å². The van der Waals surface area contributed by atoms with Crippen LogP contribution in [-0.4, -0.2) is 9.13 Å². The molecule has 1 saturated carbocycles. The van der Waals surface area contributed by atoms with E-state index in [1.807, 2.05) is 0 Å². The molecule has 2 aromatic heterocycles. The summed E-state index contributed by atoms with van der Waals surface area (Å²) in [6.45, 7) is 2.37. The molecular formula is C31H24N2. The number of benzene rings is 5. The van der Waals surface area contributed by atoms with Gasteiger partial charge in [0.1, 0.15) is 0 Å². The van der Waals surface area contributed by atoms with Crippen molar-refractivity contribution in [3.63, 3.8) is 0 Å². The van der Waals surface area contributed by atoms with Crippen molar-refractivity contribution in [3.8, 4) is 0 Å². The summed E-state index contributed by atoms with van der Waals surface area (Å²) in [6.07, 6.45) is 1.28. The molecule has 0 amide bonds. The lowest BCUT2D eigenvalue weighted by atomic mass is 10.00. The van der Waals surface area contributed by atoms with Crippen LogP contribution in [0.5, 0.6) is 0 Å². The van der Waals surface area contributed by atoms with Crippen molar-refractivity contribution in [1.29, 1.82) is 0 Å². The largest absolute Gasteiger partial charge is 0.344 e. The highest BCUT2D eigenvalue weighted by atomic mass is 15.1. The Morgan fingerprint density at radius 1 is 0.606 bits per heavy atom. The Labute approximate surface area is 191 Å². The topological polar surface area (TPSA) is 9.86 Å². The van der Waals surface area contributed by atoms with Crippen LogP contribution in [0.25, 0.3) is 65.2 Å². The van der Waals surface area contributed by atoms with E-state index in [4.69, 9.17) is 0 Å². The Morgan fingerprint density at radius 3 is 2.00 bits per heavy atom.